The number of fused-ring (bicyclic) bond motifs is 1. The number of benzene rings is 1. The number of hydrogen-bond donors (Lipinski definition) is 1. The van der Waals surface area contributed by atoms with Crippen LogP contribution in [-0.4, -0.2) is 54.5 Å². The Kier molecular flexibility index (Phi) is 5.71. The van der Waals surface area contributed by atoms with Crippen molar-refractivity contribution < 1.29 is 9.59 Å². The minimum Gasteiger partial charge on any atom is -0.338 e. The SMILES string of the molecule is CCCNC(=O)N1CCN(C(=O)c2sc3cc(Cl)ccc3c2Cl)CC1. The summed E-state index contributed by atoms with van der Waals surface area (Å²) in [6.07, 6.45) is 0.901. The zero-order valence-corrected chi connectivity index (χ0v) is 16.2. The molecule has 2 aromatic rings. The molecule has 5 nitrogen and oxygen atoms in total. The van der Waals surface area contributed by atoms with Gasteiger partial charge in [0.2, 0.25) is 0 Å². The average Bonchev–Trinajstić information content (AvgIpc) is 2.95. The molecule has 0 bridgehead atoms. The lowest BCUT2D eigenvalue weighted by Crippen LogP contribution is -2.53. The quantitative estimate of drug-likeness (QED) is 0.844. The minimum absolute atomic E-state index is 0.0662. The van der Waals surface area contributed by atoms with E-state index in [0.29, 0.717) is 47.6 Å². The van der Waals surface area contributed by atoms with Crippen LogP contribution in [0.25, 0.3) is 10.1 Å². The molecule has 134 valence electrons. The number of nitrogens with one attached hydrogen (secondary N) is 1. The van der Waals surface area contributed by atoms with Crippen LogP contribution in [0.5, 0.6) is 0 Å². The average molecular weight is 400 g/mol. The zero-order chi connectivity index (χ0) is 18.0. The number of amides is 3. The molecule has 0 saturated carbocycles. The first-order chi connectivity index (χ1) is 12.0. The Hall–Kier alpha value is -1.50. The van der Waals surface area contributed by atoms with Gasteiger partial charge >= 0.3 is 6.03 Å². The third-order valence-electron chi connectivity index (χ3n) is 4.17. The third kappa shape index (κ3) is 3.86. The van der Waals surface area contributed by atoms with E-state index in [2.05, 4.69) is 5.32 Å². The van der Waals surface area contributed by atoms with Crippen LogP contribution in [0, 0.1) is 0 Å². The molecule has 1 aromatic carbocycles. The van der Waals surface area contributed by atoms with Gasteiger partial charge in [-0.3, -0.25) is 4.79 Å². The highest BCUT2D eigenvalue weighted by Crippen LogP contribution is 2.37. The number of thiophene rings is 1. The maximum absolute atomic E-state index is 12.8. The van der Waals surface area contributed by atoms with Crippen LogP contribution in [0.3, 0.4) is 0 Å². The fourth-order valence-electron chi connectivity index (χ4n) is 2.78. The summed E-state index contributed by atoms with van der Waals surface area (Å²) < 4.78 is 0.901. The molecular formula is C17H19Cl2N3O2S. The van der Waals surface area contributed by atoms with Crippen molar-refractivity contribution in [2.75, 3.05) is 32.7 Å². The first kappa shape index (κ1) is 18.3. The largest absolute Gasteiger partial charge is 0.338 e. The Bertz CT molecular complexity index is 801. The van der Waals surface area contributed by atoms with Gasteiger partial charge in [0.15, 0.2) is 0 Å². The van der Waals surface area contributed by atoms with Gasteiger partial charge in [0, 0.05) is 47.8 Å². The first-order valence-electron chi connectivity index (χ1n) is 8.21. The molecule has 25 heavy (non-hydrogen) atoms. The molecule has 0 radical (unpaired) electrons. The fraction of sp³-hybridized carbons (Fsp3) is 0.412. The van der Waals surface area contributed by atoms with Crippen molar-refractivity contribution in [2.24, 2.45) is 0 Å². The summed E-state index contributed by atoms with van der Waals surface area (Å²) in [5.41, 5.74) is 0. The van der Waals surface area contributed by atoms with Crippen LogP contribution >= 0.6 is 34.5 Å². The summed E-state index contributed by atoms with van der Waals surface area (Å²) in [4.78, 5) is 28.8. The highest BCUT2D eigenvalue weighted by molar-refractivity contribution is 7.21. The molecule has 0 atom stereocenters. The van der Waals surface area contributed by atoms with Gasteiger partial charge in [-0.05, 0) is 18.6 Å². The topological polar surface area (TPSA) is 52.7 Å². The molecule has 1 aliphatic rings. The molecule has 2 heterocycles. The van der Waals surface area contributed by atoms with Crippen molar-refractivity contribution in [3.8, 4) is 0 Å². The molecule has 0 unspecified atom stereocenters. The number of rotatable bonds is 3. The van der Waals surface area contributed by atoms with E-state index in [-0.39, 0.29) is 11.9 Å². The lowest BCUT2D eigenvalue weighted by Gasteiger charge is -2.34. The molecule has 1 aliphatic heterocycles. The second-order valence-electron chi connectivity index (χ2n) is 5.90. The van der Waals surface area contributed by atoms with E-state index in [0.717, 1.165) is 16.5 Å². The Morgan fingerprint density at radius 1 is 1.16 bits per heavy atom. The maximum atomic E-state index is 12.8. The lowest BCUT2D eigenvalue weighted by molar-refractivity contribution is 0.0670. The fourth-order valence-corrected chi connectivity index (χ4v) is 4.53. The van der Waals surface area contributed by atoms with Gasteiger partial charge < -0.3 is 15.1 Å². The summed E-state index contributed by atoms with van der Waals surface area (Å²) in [6, 6.07) is 5.36. The molecule has 1 aromatic heterocycles. The second kappa shape index (κ2) is 7.81. The smallest absolute Gasteiger partial charge is 0.317 e. The zero-order valence-electron chi connectivity index (χ0n) is 13.8. The van der Waals surface area contributed by atoms with Crippen LogP contribution in [0.4, 0.5) is 4.79 Å². The van der Waals surface area contributed by atoms with Crippen molar-refractivity contribution in [1.82, 2.24) is 15.1 Å². The van der Waals surface area contributed by atoms with Crippen molar-refractivity contribution in [2.45, 2.75) is 13.3 Å². The van der Waals surface area contributed by atoms with E-state index in [1.54, 1.807) is 15.9 Å². The standard InChI is InChI=1S/C17H19Cl2N3O2S/c1-2-5-20-17(24)22-8-6-21(7-9-22)16(23)15-14(19)12-4-3-11(18)10-13(12)25-15/h3-4,10H,2,5-9H2,1H3,(H,20,24). The van der Waals surface area contributed by atoms with E-state index >= 15 is 0 Å². The van der Waals surface area contributed by atoms with Gasteiger partial charge in [0.05, 0.1) is 5.02 Å². The number of halogens is 2. The van der Waals surface area contributed by atoms with Crippen LogP contribution < -0.4 is 5.32 Å². The van der Waals surface area contributed by atoms with Gasteiger partial charge in [-0.15, -0.1) is 11.3 Å². The summed E-state index contributed by atoms with van der Waals surface area (Å²) in [6.45, 7) is 4.73. The molecule has 1 N–H and O–H groups in total. The molecule has 3 amide bonds. The molecule has 1 saturated heterocycles. The normalized spacial score (nSPS) is 14.8. The number of nitrogens with zero attached hydrogens (tertiary/aromatic N) is 2. The predicted octanol–water partition coefficient (Wildman–Crippen LogP) is 4.09. The Labute approximate surface area is 160 Å². The van der Waals surface area contributed by atoms with E-state index in [1.165, 1.54) is 11.3 Å². The highest BCUT2D eigenvalue weighted by Gasteiger charge is 2.27. The summed E-state index contributed by atoms with van der Waals surface area (Å²) in [7, 11) is 0. The van der Waals surface area contributed by atoms with Gasteiger partial charge in [0.25, 0.3) is 5.91 Å². The molecular weight excluding hydrogens is 381 g/mol. The van der Waals surface area contributed by atoms with Crippen LogP contribution in [0.15, 0.2) is 18.2 Å². The van der Waals surface area contributed by atoms with Gasteiger partial charge in [-0.2, -0.15) is 0 Å². The molecule has 0 spiro atoms. The molecule has 3 rings (SSSR count). The highest BCUT2D eigenvalue weighted by atomic mass is 35.5. The Morgan fingerprint density at radius 2 is 1.84 bits per heavy atom. The van der Waals surface area contributed by atoms with Crippen molar-refractivity contribution in [1.29, 1.82) is 0 Å². The lowest BCUT2D eigenvalue weighted by atomic mass is 10.2. The van der Waals surface area contributed by atoms with Gasteiger partial charge in [-0.1, -0.05) is 36.2 Å². The second-order valence-corrected chi connectivity index (χ2v) is 7.76. The van der Waals surface area contributed by atoms with E-state index < -0.39 is 0 Å². The first-order valence-corrected chi connectivity index (χ1v) is 9.78. The number of piperazine rings is 1. The van der Waals surface area contributed by atoms with Crippen LogP contribution in [0.1, 0.15) is 23.0 Å². The van der Waals surface area contributed by atoms with Crippen molar-refractivity contribution in [3.63, 3.8) is 0 Å². The molecule has 1 fully saturated rings. The number of urea groups is 1. The summed E-state index contributed by atoms with van der Waals surface area (Å²) in [5.74, 6) is -0.0871. The van der Waals surface area contributed by atoms with E-state index in [1.807, 2.05) is 19.1 Å². The number of hydrogen-bond acceptors (Lipinski definition) is 3. The van der Waals surface area contributed by atoms with E-state index in [9.17, 15) is 9.59 Å². The maximum Gasteiger partial charge on any atom is 0.317 e. The third-order valence-corrected chi connectivity index (χ3v) is 6.05. The number of carbonyl (C=O) groups is 2. The van der Waals surface area contributed by atoms with Crippen LogP contribution in [-0.2, 0) is 0 Å². The van der Waals surface area contributed by atoms with E-state index in [4.69, 9.17) is 23.2 Å². The molecule has 8 heteroatoms. The van der Waals surface area contributed by atoms with Gasteiger partial charge in [0.1, 0.15) is 4.88 Å². The van der Waals surface area contributed by atoms with Gasteiger partial charge in [-0.25, -0.2) is 4.79 Å². The summed E-state index contributed by atoms with van der Waals surface area (Å²) in [5, 5.41) is 4.80. The van der Waals surface area contributed by atoms with Crippen molar-refractivity contribution >= 4 is 56.6 Å². The Morgan fingerprint density at radius 3 is 2.52 bits per heavy atom. The summed E-state index contributed by atoms with van der Waals surface area (Å²) >= 11 is 13.8. The van der Waals surface area contributed by atoms with Crippen LogP contribution in [0.2, 0.25) is 10.0 Å². The number of carbonyl (C=O) groups excluding carboxylic acids is 2. The van der Waals surface area contributed by atoms with Crippen molar-refractivity contribution in [3.05, 3.63) is 33.1 Å². The molecule has 0 aliphatic carbocycles. The Balaban J connectivity index is 1.69. The monoisotopic (exact) mass is 399 g/mol. The predicted molar refractivity (Wildman–Crippen MR) is 103 cm³/mol. The minimum atomic E-state index is -0.0871.